The first-order valence-electron chi connectivity index (χ1n) is 12.9. The number of rotatable bonds is 6. The number of likely N-dealkylation sites (tertiary alicyclic amines) is 1. The molecule has 7 rings (SSSR count). The Kier molecular flexibility index (Phi) is 4.92. The van der Waals surface area contributed by atoms with E-state index in [1.807, 2.05) is 31.2 Å². The van der Waals surface area contributed by atoms with Crippen LogP contribution in [0.4, 0.5) is 5.69 Å². The van der Waals surface area contributed by atoms with E-state index < -0.39 is 0 Å². The Balaban J connectivity index is 1.10. The van der Waals surface area contributed by atoms with Crippen molar-refractivity contribution in [1.82, 2.24) is 35.1 Å². The van der Waals surface area contributed by atoms with E-state index in [2.05, 4.69) is 71.7 Å². The Morgan fingerprint density at radius 2 is 1.94 bits per heavy atom. The molecule has 1 aliphatic heterocycles. The Morgan fingerprint density at radius 1 is 1.03 bits per heavy atom. The summed E-state index contributed by atoms with van der Waals surface area (Å²) < 4.78 is 1.91. The van der Waals surface area contributed by atoms with Gasteiger partial charge in [-0.2, -0.15) is 5.10 Å². The topological polar surface area (TPSA) is 81.7 Å². The first-order chi connectivity index (χ1) is 17.5. The van der Waals surface area contributed by atoms with E-state index >= 15 is 0 Å². The molecular weight excluding hydrogens is 448 g/mol. The van der Waals surface area contributed by atoms with Crippen molar-refractivity contribution in [1.29, 1.82) is 0 Å². The number of aromatic amines is 2. The molecule has 0 amide bonds. The first kappa shape index (κ1) is 21.6. The van der Waals surface area contributed by atoms with Gasteiger partial charge in [0.1, 0.15) is 5.69 Å². The van der Waals surface area contributed by atoms with Crippen LogP contribution >= 0.6 is 0 Å². The average molecular weight is 481 g/mol. The van der Waals surface area contributed by atoms with E-state index in [0.29, 0.717) is 12.0 Å². The monoisotopic (exact) mass is 480 g/mol. The minimum Gasteiger partial charge on any atom is -0.378 e. The van der Waals surface area contributed by atoms with Crippen molar-refractivity contribution in [2.75, 3.05) is 32.1 Å². The molecule has 3 aromatic heterocycles. The van der Waals surface area contributed by atoms with Gasteiger partial charge in [-0.3, -0.25) is 10.00 Å². The van der Waals surface area contributed by atoms with Gasteiger partial charge < -0.3 is 9.88 Å². The van der Waals surface area contributed by atoms with E-state index in [1.165, 1.54) is 60.9 Å². The second-order valence-electron chi connectivity index (χ2n) is 11.1. The van der Waals surface area contributed by atoms with Crippen molar-refractivity contribution in [3.63, 3.8) is 0 Å². The fraction of sp³-hybridized carbons (Fsp3) is 0.393. The summed E-state index contributed by atoms with van der Waals surface area (Å²) in [5.41, 5.74) is 8.33. The molecule has 1 aliphatic carbocycles. The minimum absolute atomic E-state index is 0.646. The third-order valence-corrected chi connectivity index (χ3v) is 8.29. The maximum atomic E-state index is 4.50. The van der Waals surface area contributed by atoms with Crippen LogP contribution in [-0.2, 0) is 13.1 Å². The SMILES string of the molecule is CN(C)c1cc(-c2cn(Cc3ccc4cc(CN5CCC6(CCC6)C5)[nH]c4c3)nn2)c2cn[nH]c2c1. The zero-order valence-corrected chi connectivity index (χ0v) is 21.0. The molecule has 2 aromatic carbocycles. The highest BCUT2D eigenvalue weighted by Gasteiger charge is 2.42. The largest absolute Gasteiger partial charge is 0.378 e. The molecule has 2 aliphatic rings. The van der Waals surface area contributed by atoms with Crippen LogP contribution in [0.3, 0.4) is 0 Å². The molecule has 0 bridgehead atoms. The fourth-order valence-corrected chi connectivity index (χ4v) is 6.10. The zero-order valence-electron chi connectivity index (χ0n) is 21.0. The van der Waals surface area contributed by atoms with Gasteiger partial charge in [-0.05, 0) is 66.4 Å². The van der Waals surface area contributed by atoms with E-state index in [9.17, 15) is 0 Å². The maximum absolute atomic E-state index is 4.50. The number of benzene rings is 2. The molecule has 8 nitrogen and oxygen atoms in total. The number of aromatic nitrogens is 6. The molecular formula is C28H32N8. The van der Waals surface area contributed by atoms with E-state index in [4.69, 9.17) is 0 Å². The molecule has 36 heavy (non-hydrogen) atoms. The summed E-state index contributed by atoms with van der Waals surface area (Å²) in [5.74, 6) is 0. The smallest absolute Gasteiger partial charge is 0.113 e. The summed E-state index contributed by atoms with van der Waals surface area (Å²) in [6, 6.07) is 13.2. The van der Waals surface area contributed by atoms with E-state index in [-0.39, 0.29) is 0 Å². The summed E-state index contributed by atoms with van der Waals surface area (Å²) in [6.07, 6.45) is 9.54. The second kappa shape index (κ2) is 8.20. The van der Waals surface area contributed by atoms with Crippen molar-refractivity contribution >= 4 is 27.5 Å². The first-order valence-corrected chi connectivity index (χ1v) is 12.9. The van der Waals surface area contributed by atoms with Gasteiger partial charge in [0.15, 0.2) is 0 Å². The van der Waals surface area contributed by atoms with Crippen LogP contribution in [0.5, 0.6) is 0 Å². The molecule has 2 fully saturated rings. The molecule has 8 heteroatoms. The highest BCUT2D eigenvalue weighted by Crippen LogP contribution is 2.48. The lowest BCUT2D eigenvalue weighted by Crippen LogP contribution is -2.32. The predicted octanol–water partition coefficient (Wildman–Crippen LogP) is 4.79. The lowest BCUT2D eigenvalue weighted by molar-refractivity contribution is 0.137. The Bertz CT molecular complexity index is 1550. The second-order valence-corrected chi connectivity index (χ2v) is 11.1. The number of fused-ring (bicyclic) bond motifs is 2. The molecule has 1 spiro atoms. The quantitative estimate of drug-likeness (QED) is 0.365. The van der Waals surface area contributed by atoms with Gasteiger partial charge in [0.2, 0.25) is 0 Å². The van der Waals surface area contributed by atoms with Gasteiger partial charge in [-0.1, -0.05) is 23.8 Å². The summed E-state index contributed by atoms with van der Waals surface area (Å²) >= 11 is 0. The van der Waals surface area contributed by atoms with E-state index in [1.54, 1.807) is 0 Å². The van der Waals surface area contributed by atoms with Gasteiger partial charge in [-0.25, -0.2) is 4.68 Å². The molecule has 0 unspecified atom stereocenters. The number of nitrogens with one attached hydrogen (secondary N) is 2. The van der Waals surface area contributed by atoms with Gasteiger partial charge in [0.05, 0.1) is 24.5 Å². The molecule has 2 N–H and O–H groups in total. The number of H-pyrrole nitrogens is 2. The van der Waals surface area contributed by atoms with Crippen molar-refractivity contribution in [3.8, 4) is 11.3 Å². The van der Waals surface area contributed by atoms with Crippen molar-refractivity contribution in [2.24, 2.45) is 5.41 Å². The van der Waals surface area contributed by atoms with Crippen molar-refractivity contribution in [2.45, 2.75) is 38.8 Å². The van der Waals surface area contributed by atoms with Crippen molar-refractivity contribution in [3.05, 3.63) is 60.0 Å². The molecule has 4 heterocycles. The maximum Gasteiger partial charge on any atom is 0.113 e. The fourth-order valence-electron chi connectivity index (χ4n) is 6.10. The van der Waals surface area contributed by atoms with Gasteiger partial charge in [0.25, 0.3) is 0 Å². The van der Waals surface area contributed by atoms with Gasteiger partial charge in [0, 0.05) is 55.0 Å². The summed E-state index contributed by atoms with van der Waals surface area (Å²) in [6.45, 7) is 4.20. The van der Waals surface area contributed by atoms with Crippen LogP contribution < -0.4 is 4.90 Å². The number of hydrogen-bond donors (Lipinski definition) is 2. The third kappa shape index (κ3) is 3.76. The van der Waals surface area contributed by atoms with Crippen LogP contribution in [0.1, 0.15) is 36.9 Å². The predicted molar refractivity (Wildman–Crippen MR) is 143 cm³/mol. The highest BCUT2D eigenvalue weighted by atomic mass is 15.4. The number of nitrogens with zero attached hydrogens (tertiary/aromatic N) is 6. The van der Waals surface area contributed by atoms with Crippen LogP contribution in [0.25, 0.3) is 33.1 Å². The highest BCUT2D eigenvalue weighted by molar-refractivity contribution is 5.96. The third-order valence-electron chi connectivity index (χ3n) is 8.29. The molecule has 184 valence electrons. The van der Waals surface area contributed by atoms with Crippen molar-refractivity contribution < 1.29 is 0 Å². The van der Waals surface area contributed by atoms with Crippen LogP contribution in [0, 0.1) is 5.41 Å². The summed E-state index contributed by atoms with van der Waals surface area (Å²) in [4.78, 5) is 8.39. The minimum atomic E-state index is 0.646. The molecule has 0 atom stereocenters. The molecule has 5 aromatic rings. The Hall–Kier alpha value is -3.65. The summed E-state index contributed by atoms with van der Waals surface area (Å²) in [5, 5.41) is 18.6. The summed E-state index contributed by atoms with van der Waals surface area (Å²) in [7, 11) is 4.08. The number of hydrogen-bond acceptors (Lipinski definition) is 5. The van der Waals surface area contributed by atoms with E-state index in [0.717, 1.165) is 34.4 Å². The lowest BCUT2D eigenvalue weighted by Gasteiger charge is -2.38. The molecule has 0 radical (unpaired) electrons. The van der Waals surface area contributed by atoms with Crippen LogP contribution in [0.15, 0.2) is 48.8 Å². The normalized spacial score (nSPS) is 17.4. The molecule has 1 saturated carbocycles. The average Bonchev–Trinajstić information content (AvgIpc) is 3.63. The Morgan fingerprint density at radius 3 is 2.75 bits per heavy atom. The van der Waals surface area contributed by atoms with Crippen LogP contribution in [-0.4, -0.2) is 62.3 Å². The zero-order chi connectivity index (χ0) is 24.3. The lowest BCUT2D eigenvalue weighted by atomic mass is 9.68. The standard InChI is InChI=1S/C28H32N8/c1-34(2)22-12-23(24-14-29-31-26(24)13-22)27-17-36(33-32-27)15-19-4-5-20-11-21(30-25(20)10-19)16-35-9-8-28(18-35)6-3-7-28/h4-5,10-14,17,30H,3,6-9,15-16,18H2,1-2H3,(H,29,31). The Labute approximate surface area is 210 Å². The number of anilines is 1. The molecule has 1 saturated heterocycles. The van der Waals surface area contributed by atoms with Gasteiger partial charge >= 0.3 is 0 Å². The van der Waals surface area contributed by atoms with Gasteiger partial charge in [-0.15, -0.1) is 5.10 Å². The van der Waals surface area contributed by atoms with Crippen LogP contribution in [0.2, 0.25) is 0 Å².